The van der Waals surface area contributed by atoms with Gasteiger partial charge in [-0.3, -0.25) is 4.90 Å². The van der Waals surface area contributed by atoms with Crippen molar-refractivity contribution in [2.45, 2.75) is 12.6 Å². The van der Waals surface area contributed by atoms with E-state index in [2.05, 4.69) is 20.4 Å². The fourth-order valence-electron chi connectivity index (χ4n) is 2.16. The Balaban J connectivity index is 1.58. The summed E-state index contributed by atoms with van der Waals surface area (Å²) in [6.45, 7) is 6.53. The van der Waals surface area contributed by atoms with Gasteiger partial charge in [-0.1, -0.05) is 5.16 Å². The molecule has 0 radical (unpaired) electrons. The summed E-state index contributed by atoms with van der Waals surface area (Å²) < 4.78 is 16.1. The minimum Gasteiger partial charge on any atom is -0.376 e. The Kier molecular flexibility index (Phi) is 3.84. The summed E-state index contributed by atoms with van der Waals surface area (Å²) in [6, 6.07) is 0. The Labute approximate surface area is 105 Å². The van der Waals surface area contributed by atoms with Gasteiger partial charge in [0, 0.05) is 26.2 Å². The first-order chi connectivity index (χ1) is 8.92. The summed E-state index contributed by atoms with van der Waals surface area (Å²) in [5.74, 6) is 1.25. The summed E-state index contributed by atoms with van der Waals surface area (Å²) in [6.07, 6.45) is -0.206. The lowest BCUT2D eigenvalue weighted by molar-refractivity contribution is -0.101. The molecule has 2 fully saturated rings. The molecule has 100 valence electrons. The molecule has 1 aromatic rings. The molecule has 0 aromatic carbocycles. The molecule has 2 saturated heterocycles. The molecular weight excluding hydrogens is 236 g/mol. The van der Waals surface area contributed by atoms with Crippen LogP contribution in [0.15, 0.2) is 4.52 Å². The van der Waals surface area contributed by atoms with Crippen LogP contribution in [0, 0.1) is 0 Å². The van der Waals surface area contributed by atoms with E-state index < -0.39 is 0 Å². The van der Waals surface area contributed by atoms with E-state index in [0.717, 1.165) is 38.5 Å². The van der Waals surface area contributed by atoms with E-state index in [-0.39, 0.29) is 6.10 Å². The average molecular weight is 254 g/mol. The first-order valence-electron chi connectivity index (χ1n) is 6.37. The molecule has 0 aliphatic carbocycles. The lowest BCUT2D eigenvalue weighted by Crippen LogP contribution is -2.43. The number of rotatable bonds is 3. The number of nitrogens with one attached hydrogen (secondary N) is 1. The molecule has 1 unspecified atom stereocenters. The van der Waals surface area contributed by atoms with Gasteiger partial charge in [-0.05, 0) is 0 Å². The maximum absolute atomic E-state index is 5.52. The number of piperazine rings is 1. The van der Waals surface area contributed by atoms with Crippen molar-refractivity contribution in [3.05, 3.63) is 11.7 Å². The van der Waals surface area contributed by atoms with Crippen LogP contribution < -0.4 is 5.32 Å². The number of nitrogens with zero attached hydrogens (tertiary/aromatic N) is 3. The third-order valence-electron chi connectivity index (χ3n) is 3.15. The quantitative estimate of drug-likeness (QED) is 0.784. The first kappa shape index (κ1) is 12.0. The van der Waals surface area contributed by atoms with Crippen molar-refractivity contribution < 1.29 is 14.0 Å². The maximum atomic E-state index is 5.52. The lowest BCUT2D eigenvalue weighted by atomic mass is 10.3. The highest BCUT2D eigenvalue weighted by molar-refractivity contribution is 4.91. The molecule has 1 aromatic heterocycles. The average Bonchev–Trinajstić information content (AvgIpc) is 2.89. The van der Waals surface area contributed by atoms with Crippen LogP contribution in [-0.2, 0) is 16.0 Å². The van der Waals surface area contributed by atoms with Gasteiger partial charge in [0.15, 0.2) is 11.9 Å². The Morgan fingerprint density at radius 1 is 1.28 bits per heavy atom. The van der Waals surface area contributed by atoms with Crippen LogP contribution in [0.5, 0.6) is 0 Å². The predicted octanol–water partition coefficient (Wildman–Crippen LogP) is -0.437. The summed E-state index contributed by atoms with van der Waals surface area (Å²) in [4.78, 5) is 6.69. The van der Waals surface area contributed by atoms with E-state index in [1.807, 2.05) is 0 Å². The van der Waals surface area contributed by atoms with Crippen LogP contribution >= 0.6 is 0 Å². The van der Waals surface area contributed by atoms with E-state index >= 15 is 0 Å². The second-order valence-electron chi connectivity index (χ2n) is 4.51. The van der Waals surface area contributed by atoms with Crippen molar-refractivity contribution in [1.29, 1.82) is 0 Å². The zero-order valence-electron chi connectivity index (χ0n) is 10.3. The van der Waals surface area contributed by atoms with E-state index in [4.69, 9.17) is 14.0 Å². The smallest absolute Gasteiger partial charge is 0.258 e. The van der Waals surface area contributed by atoms with Crippen molar-refractivity contribution in [2.24, 2.45) is 0 Å². The van der Waals surface area contributed by atoms with Crippen molar-refractivity contribution in [2.75, 3.05) is 46.0 Å². The minimum absolute atomic E-state index is 0.206. The topological polar surface area (TPSA) is 72.7 Å². The molecule has 18 heavy (non-hydrogen) atoms. The summed E-state index contributed by atoms with van der Waals surface area (Å²) in [7, 11) is 0. The molecule has 3 rings (SSSR count). The van der Waals surface area contributed by atoms with Crippen LogP contribution in [0.3, 0.4) is 0 Å². The molecule has 0 spiro atoms. The van der Waals surface area contributed by atoms with Crippen LogP contribution in [0.2, 0.25) is 0 Å². The second-order valence-corrected chi connectivity index (χ2v) is 4.51. The Bertz CT molecular complexity index is 372. The standard InChI is InChI=1S/C11H18N4O3/c1-3-15(4-2-12-1)7-10-13-11(18-14-10)9-8-16-5-6-17-9/h9,12H,1-8H2. The highest BCUT2D eigenvalue weighted by Crippen LogP contribution is 2.19. The van der Waals surface area contributed by atoms with Crippen LogP contribution in [0.25, 0.3) is 0 Å². The Morgan fingerprint density at radius 3 is 2.94 bits per heavy atom. The van der Waals surface area contributed by atoms with Crippen LogP contribution in [0.4, 0.5) is 0 Å². The van der Waals surface area contributed by atoms with Gasteiger partial charge in [-0.15, -0.1) is 0 Å². The Hall–Kier alpha value is -1.02. The normalized spacial score (nSPS) is 26.3. The molecule has 7 heteroatoms. The largest absolute Gasteiger partial charge is 0.376 e. The molecule has 1 atom stereocenters. The highest BCUT2D eigenvalue weighted by Gasteiger charge is 2.23. The molecular formula is C11H18N4O3. The van der Waals surface area contributed by atoms with Crippen molar-refractivity contribution in [3.8, 4) is 0 Å². The van der Waals surface area contributed by atoms with Crippen LogP contribution in [-0.4, -0.2) is 61.0 Å². The zero-order valence-corrected chi connectivity index (χ0v) is 10.3. The molecule has 3 heterocycles. The van der Waals surface area contributed by atoms with Gasteiger partial charge in [0.2, 0.25) is 0 Å². The van der Waals surface area contributed by atoms with E-state index in [1.165, 1.54) is 0 Å². The minimum atomic E-state index is -0.206. The predicted molar refractivity (Wildman–Crippen MR) is 62.0 cm³/mol. The second kappa shape index (κ2) is 5.75. The molecule has 2 aliphatic rings. The molecule has 7 nitrogen and oxygen atoms in total. The summed E-state index contributed by atoms with van der Waals surface area (Å²) in [5, 5.41) is 7.32. The number of hydrogen-bond acceptors (Lipinski definition) is 7. The Morgan fingerprint density at radius 2 is 2.17 bits per heavy atom. The van der Waals surface area contributed by atoms with Gasteiger partial charge >= 0.3 is 0 Å². The fraction of sp³-hybridized carbons (Fsp3) is 0.818. The molecule has 0 saturated carbocycles. The molecule has 2 aliphatic heterocycles. The van der Waals surface area contributed by atoms with E-state index in [0.29, 0.717) is 25.7 Å². The number of aromatic nitrogens is 2. The van der Waals surface area contributed by atoms with Gasteiger partial charge in [-0.2, -0.15) is 4.98 Å². The van der Waals surface area contributed by atoms with Crippen LogP contribution in [0.1, 0.15) is 17.8 Å². The third-order valence-corrected chi connectivity index (χ3v) is 3.15. The third kappa shape index (κ3) is 2.86. The van der Waals surface area contributed by atoms with Gasteiger partial charge < -0.3 is 19.3 Å². The van der Waals surface area contributed by atoms with E-state index in [9.17, 15) is 0 Å². The maximum Gasteiger partial charge on any atom is 0.258 e. The highest BCUT2D eigenvalue weighted by atomic mass is 16.6. The van der Waals surface area contributed by atoms with Crippen molar-refractivity contribution >= 4 is 0 Å². The van der Waals surface area contributed by atoms with Crippen molar-refractivity contribution in [1.82, 2.24) is 20.4 Å². The number of ether oxygens (including phenoxy) is 2. The van der Waals surface area contributed by atoms with Gasteiger partial charge in [0.05, 0.1) is 26.4 Å². The van der Waals surface area contributed by atoms with Gasteiger partial charge in [-0.25, -0.2) is 0 Å². The summed E-state index contributed by atoms with van der Waals surface area (Å²) in [5.41, 5.74) is 0. The molecule has 1 N–H and O–H groups in total. The SMILES string of the molecule is C1CN(Cc2noc(C3COCCO3)n2)CCN1. The zero-order chi connectivity index (χ0) is 12.2. The van der Waals surface area contributed by atoms with Gasteiger partial charge in [0.25, 0.3) is 5.89 Å². The van der Waals surface area contributed by atoms with E-state index in [1.54, 1.807) is 0 Å². The summed E-state index contributed by atoms with van der Waals surface area (Å²) >= 11 is 0. The molecule has 0 amide bonds. The van der Waals surface area contributed by atoms with Gasteiger partial charge in [0.1, 0.15) is 0 Å². The monoisotopic (exact) mass is 254 g/mol. The fourth-order valence-corrected chi connectivity index (χ4v) is 2.16. The lowest BCUT2D eigenvalue weighted by Gasteiger charge is -2.25. The number of hydrogen-bond donors (Lipinski definition) is 1. The first-order valence-corrected chi connectivity index (χ1v) is 6.37. The molecule has 0 bridgehead atoms. The van der Waals surface area contributed by atoms with Crippen molar-refractivity contribution in [3.63, 3.8) is 0 Å².